The van der Waals surface area contributed by atoms with Gasteiger partial charge >= 0.3 is 0 Å². The number of aromatic nitrogens is 2. The van der Waals surface area contributed by atoms with E-state index in [9.17, 15) is 14.5 Å². The first-order valence-electron chi connectivity index (χ1n) is 5.92. The molecule has 20 heavy (non-hydrogen) atoms. The Morgan fingerprint density at radius 3 is 2.95 bits per heavy atom. The third-order valence-electron chi connectivity index (χ3n) is 2.67. The Kier molecular flexibility index (Phi) is 4.52. The molecule has 0 atom stereocenters. The van der Waals surface area contributed by atoms with E-state index in [-0.39, 0.29) is 16.4 Å². The van der Waals surface area contributed by atoms with Crippen LogP contribution in [0.15, 0.2) is 30.6 Å². The third-order valence-corrected chi connectivity index (χ3v) is 2.96. The van der Waals surface area contributed by atoms with Crippen molar-refractivity contribution in [1.29, 1.82) is 0 Å². The number of benzene rings is 1. The molecule has 6 nitrogen and oxygen atoms in total. The minimum Gasteiger partial charge on any atom is -0.379 e. The predicted octanol–water partition coefficient (Wildman–Crippen LogP) is 3.09. The Morgan fingerprint density at radius 1 is 1.50 bits per heavy atom. The molecule has 0 aliphatic carbocycles. The zero-order valence-corrected chi connectivity index (χ0v) is 11.2. The van der Waals surface area contributed by atoms with Crippen molar-refractivity contribution in [2.45, 2.75) is 13.0 Å². The van der Waals surface area contributed by atoms with Gasteiger partial charge in [-0.1, -0.05) is 11.6 Å². The van der Waals surface area contributed by atoms with Gasteiger partial charge in [-0.25, -0.2) is 4.39 Å². The molecule has 0 aliphatic rings. The number of anilines is 1. The number of nitro groups is 1. The molecule has 8 heteroatoms. The first kappa shape index (κ1) is 14.3. The first-order chi connectivity index (χ1) is 9.58. The Hall–Kier alpha value is -2.15. The summed E-state index contributed by atoms with van der Waals surface area (Å²) in [6, 6.07) is 3.86. The van der Waals surface area contributed by atoms with E-state index in [1.54, 1.807) is 10.9 Å². The van der Waals surface area contributed by atoms with Crippen molar-refractivity contribution in [1.82, 2.24) is 9.78 Å². The molecule has 1 heterocycles. The molecule has 0 saturated carbocycles. The maximum atomic E-state index is 13.2. The van der Waals surface area contributed by atoms with Crippen LogP contribution in [0.2, 0.25) is 5.02 Å². The van der Waals surface area contributed by atoms with E-state index < -0.39 is 10.7 Å². The fourth-order valence-electron chi connectivity index (χ4n) is 1.73. The molecule has 106 valence electrons. The van der Waals surface area contributed by atoms with Crippen LogP contribution >= 0.6 is 11.6 Å². The quantitative estimate of drug-likeness (QED) is 0.505. The molecule has 0 unspecified atom stereocenters. The van der Waals surface area contributed by atoms with Gasteiger partial charge in [0.1, 0.15) is 11.5 Å². The van der Waals surface area contributed by atoms with Crippen LogP contribution in [0, 0.1) is 15.9 Å². The highest BCUT2D eigenvalue weighted by atomic mass is 35.5. The van der Waals surface area contributed by atoms with Crippen LogP contribution in [-0.4, -0.2) is 21.2 Å². The fourth-order valence-corrected chi connectivity index (χ4v) is 1.89. The van der Waals surface area contributed by atoms with Gasteiger partial charge in [-0.15, -0.1) is 0 Å². The SMILES string of the molecule is O=[N+]([O-])c1cc(F)c(Cl)cc1NCCCn1cccn1. The summed E-state index contributed by atoms with van der Waals surface area (Å²) in [5.41, 5.74) is -0.118. The molecular weight excluding hydrogens is 287 g/mol. The topological polar surface area (TPSA) is 73.0 Å². The minimum absolute atomic E-state index is 0.148. The summed E-state index contributed by atoms with van der Waals surface area (Å²) in [5, 5.41) is 17.6. The highest BCUT2D eigenvalue weighted by Crippen LogP contribution is 2.30. The third kappa shape index (κ3) is 3.45. The number of rotatable bonds is 6. The van der Waals surface area contributed by atoms with Crippen LogP contribution in [0.4, 0.5) is 15.8 Å². The highest BCUT2D eigenvalue weighted by Gasteiger charge is 2.17. The van der Waals surface area contributed by atoms with Gasteiger partial charge in [-0.2, -0.15) is 5.10 Å². The van der Waals surface area contributed by atoms with Crippen LogP contribution in [0.1, 0.15) is 6.42 Å². The number of hydrogen-bond acceptors (Lipinski definition) is 4. The molecule has 1 aromatic heterocycles. The van der Waals surface area contributed by atoms with Gasteiger partial charge in [0.25, 0.3) is 5.69 Å². The van der Waals surface area contributed by atoms with Gasteiger partial charge in [0.05, 0.1) is 16.0 Å². The lowest BCUT2D eigenvalue weighted by atomic mass is 10.2. The normalized spacial score (nSPS) is 10.5. The van der Waals surface area contributed by atoms with Crippen LogP contribution in [0.25, 0.3) is 0 Å². The van der Waals surface area contributed by atoms with Crippen molar-refractivity contribution in [3.8, 4) is 0 Å². The maximum absolute atomic E-state index is 13.2. The molecule has 2 rings (SSSR count). The lowest BCUT2D eigenvalue weighted by Crippen LogP contribution is -2.08. The van der Waals surface area contributed by atoms with E-state index in [0.717, 1.165) is 6.07 Å². The van der Waals surface area contributed by atoms with Gasteiger partial charge in [0, 0.05) is 25.5 Å². The molecule has 1 N–H and O–H groups in total. The fraction of sp³-hybridized carbons (Fsp3) is 0.250. The maximum Gasteiger partial charge on any atom is 0.295 e. The highest BCUT2D eigenvalue weighted by molar-refractivity contribution is 6.31. The summed E-state index contributed by atoms with van der Waals surface area (Å²) in [6.07, 6.45) is 4.23. The predicted molar refractivity (Wildman–Crippen MR) is 73.4 cm³/mol. The Labute approximate surface area is 119 Å². The Morgan fingerprint density at radius 2 is 2.30 bits per heavy atom. The number of aryl methyl sites for hydroxylation is 1. The standard InChI is InChI=1S/C12H12ClFN4O2/c13-9-7-11(12(18(19)20)8-10(9)14)15-3-1-5-17-6-2-4-16-17/h2,4,6-8,15H,1,3,5H2. The average Bonchev–Trinajstić information content (AvgIpc) is 2.91. The van der Waals surface area contributed by atoms with Crippen molar-refractivity contribution >= 4 is 23.0 Å². The van der Waals surface area contributed by atoms with E-state index in [0.29, 0.717) is 19.5 Å². The second-order valence-electron chi connectivity index (χ2n) is 4.09. The van der Waals surface area contributed by atoms with Gasteiger partial charge in [-0.3, -0.25) is 14.8 Å². The van der Waals surface area contributed by atoms with E-state index in [2.05, 4.69) is 10.4 Å². The van der Waals surface area contributed by atoms with E-state index in [1.807, 2.05) is 12.3 Å². The van der Waals surface area contributed by atoms with Crippen molar-refractivity contribution in [3.63, 3.8) is 0 Å². The summed E-state index contributed by atoms with van der Waals surface area (Å²) in [4.78, 5) is 10.2. The molecule has 2 aromatic rings. The molecule has 0 aliphatic heterocycles. The van der Waals surface area contributed by atoms with E-state index >= 15 is 0 Å². The van der Waals surface area contributed by atoms with Gasteiger partial charge in [0.15, 0.2) is 0 Å². The number of nitro benzene ring substituents is 1. The monoisotopic (exact) mass is 298 g/mol. The lowest BCUT2D eigenvalue weighted by Gasteiger charge is -2.08. The number of nitrogens with zero attached hydrogens (tertiary/aromatic N) is 3. The summed E-state index contributed by atoms with van der Waals surface area (Å²) in [7, 11) is 0. The molecular formula is C12H12ClFN4O2. The number of nitrogens with one attached hydrogen (secondary N) is 1. The summed E-state index contributed by atoms with van der Waals surface area (Å²) in [6.45, 7) is 1.17. The van der Waals surface area contributed by atoms with Crippen LogP contribution in [0.5, 0.6) is 0 Å². The number of hydrogen-bond donors (Lipinski definition) is 1. The van der Waals surface area contributed by atoms with Gasteiger partial charge in [-0.05, 0) is 18.6 Å². The summed E-state index contributed by atoms with van der Waals surface area (Å²) >= 11 is 5.63. The van der Waals surface area contributed by atoms with Crippen molar-refractivity contribution in [2.24, 2.45) is 0 Å². The van der Waals surface area contributed by atoms with E-state index in [4.69, 9.17) is 11.6 Å². The Bertz CT molecular complexity index is 604. The smallest absolute Gasteiger partial charge is 0.295 e. The van der Waals surface area contributed by atoms with Gasteiger partial charge < -0.3 is 5.32 Å². The second kappa shape index (κ2) is 6.33. The molecule has 0 saturated heterocycles. The lowest BCUT2D eigenvalue weighted by molar-refractivity contribution is -0.384. The molecule has 0 fully saturated rings. The molecule has 1 aromatic carbocycles. The van der Waals surface area contributed by atoms with Crippen molar-refractivity contribution in [3.05, 3.63) is 51.5 Å². The minimum atomic E-state index is -0.805. The molecule has 0 bridgehead atoms. The molecule has 0 amide bonds. The van der Waals surface area contributed by atoms with Crippen LogP contribution < -0.4 is 5.32 Å². The molecule has 0 spiro atoms. The first-order valence-corrected chi connectivity index (χ1v) is 6.30. The van der Waals surface area contributed by atoms with E-state index in [1.165, 1.54) is 6.07 Å². The zero-order chi connectivity index (χ0) is 14.5. The largest absolute Gasteiger partial charge is 0.379 e. The van der Waals surface area contributed by atoms with Crippen LogP contribution in [0.3, 0.4) is 0 Å². The van der Waals surface area contributed by atoms with Crippen molar-refractivity contribution < 1.29 is 9.31 Å². The number of halogens is 2. The van der Waals surface area contributed by atoms with Gasteiger partial charge in [0.2, 0.25) is 0 Å². The van der Waals surface area contributed by atoms with Crippen molar-refractivity contribution in [2.75, 3.05) is 11.9 Å². The van der Waals surface area contributed by atoms with Crippen LogP contribution in [-0.2, 0) is 6.54 Å². The summed E-state index contributed by atoms with van der Waals surface area (Å²) < 4.78 is 15.0. The zero-order valence-electron chi connectivity index (χ0n) is 10.4. The Balaban J connectivity index is 1.98. The second-order valence-corrected chi connectivity index (χ2v) is 4.50. The average molecular weight is 299 g/mol. The molecule has 0 radical (unpaired) electrons. The summed E-state index contributed by atoms with van der Waals surface area (Å²) in [5.74, 6) is -0.805.